The molecular weight excluding hydrogens is 140 g/mol. The number of allylic oxidation sites excluding steroid dienone is 1. The first-order valence-electron chi connectivity index (χ1n) is 4.02. The smallest absolute Gasteiger partial charge is 0.102 e. The van der Waals surface area contributed by atoms with Crippen LogP contribution < -0.4 is 0 Å². The third-order valence-electron chi connectivity index (χ3n) is 2.10. The van der Waals surface area contributed by atoms with E-state index in [1.54, 1.807) is 7.11 Å². The Hall–Kier alpha value is -0.340. The first kappa shape index (κ1) is 8.75. The van der Waals surface area contributed by atoms with Crippen molar-refractivity contribution in [3.8, 4) is 0 Å². The molecule has 1 rings (SSSR count). The topological polar surface area (TPSA) is 18.5 Å². The third kappa shape index (κ3) is 2.04. The lowest BCUT2D eigenvalue weighted by molar-refractivity contribution is 0.00223. The van der Waals surface area contributed by atoms with Crippen LogP contribution in [0.15, 0.2) is 11.1 Å². The minimum atomic E-state index is 0.203. The zero-order valence-corrected chi connectivity index (χ0v) is 7.52. The molecule has 1 heterocycles. The summed E-state index contributed by atoms with van der Waals surface area (Å²) in [5.74, 6) is 0. The van der Waals surface area contributed by atoms with Gasteiger partial charge in [-0.1, -0.05) is 5.57 Å². The van der Waals surface area contributed by atoms with E-state index in [9.17, 15) is 0 Å². The molecule has 2 nitrogen and oxygen atoms in total. The van der Waals surface area contributed by atoms with Crippen molar-refractivity contribution in [1.82, 2.24) is 0 Å². The molecule has 0 N–H and O–H groups in total. The molecule has 1 fully saturated rings. The highest BCUT2D eigenvalue weighted by molar-refractivity contribution is 5.16. The molecule has 64 valence electrons. The molecule has 0 spiro atoms. The quantitative estimate of drug-likeness (QED) is 0.538. The number of hydrogen-bond donors (Lipinski definition) is 0. The maximum atomic E-state index is 5.29. The van der Waals surface area contributed by atoms with Crippen molar-refractivity contribution in [1.29, 1.82) is 0 Å². The van der Waals surface area contributed by atoms with Gasteiger partial charge >= 0.3 is 0 Å². The fourth-order valence-corrected chi connectivity index (χ4v) is 1.42. The number of methoxy groups -OCH3 is 1. The summed E-state index contributed by atoms with van der Waals surface area (Å²) in [5.41, 5.74) is 2.79. The van der Waals surface area contributed by atoms with Gasteiger partial charge < -0.3 is 9.47 Å². The van der Waals surface area contributed by atoms with Crippen molar-refractivity contribution in [2.24, 2.45) is 0 Å². The summed E-state index contributed by atoms with van der Waals surface area (Å²) in [6, 6.07) is 0. The minimum absolute atomic E-state index is 0.203. The van der Waals surface area contributed by atoms with E-state index in [1.165, 1.54) is 11.1 Å². The highest BCUT2D eigenvalue weighted by Gasteiger charge is 2.19. The van der Waals surface area contributed by atoms with E-state index in [0.717, 1.165) is 19.6 Å². The summed E-state index contributed by atoms with van der Waals surface area (Å²) >= 11 is 0. The summed E-state index contributed by atoms with van der Waals surface area (Å²) in [6.07, 6.45) is 1.23. The predicted molar refractivity (Wildman–Crippen MR) is 44.6 cm³/mol. The molecule has 0 aromatic rings. The maximum absolute atomic E-state index is 5.29. The molecule has 1 saturated heterocycles. The number of hydrogen-bond acceptors (Lipinski definition) is 2. The van der Waals surface area contributed by atoms with Crippen LogP contribution in [-0.4, -0.2) is 26.4 Å². The van der Waals surface area contributed by atoms with E-state index < -0.39 is 0 Å². The Morgan fingerprint density at radius 1 is 1.55 bits per heavy atom. The van der Waals surface area contributed by atoms with E-state index >= 15 is 0 Å². The number of ether oxygens (including phenoxy) is 2. The molecule has 1 aliphatic rings. The molecular formula is C9H16O2. The Bertz CT molecular complexity index is 157. The van der Waals surface area contributed by atoms with Gasteiger partial charge in [0.25, 0.3) is 0 Å². The highest BCUT2D eigenvalue weighted by atomic mass is 16.5. The summed E-state index contributed by atoms with van der Waals surface area (Å²) in [4.78, 5) is 0. The van der Waals surface area contributed by atoms with E-state index in [4.69, 9.17) is 9.47 Å². The second kappa shape index (κ2) is 3.88. The van der Waals surface area contributed by atoms with Gasteiger partial charge in [0.2, 0.25) is 0 Å². The van der Waals surface area contributed by atoms with Crippen LogP contribution in [0.3, 0.4) is 0 Å². The fourth-order valence-electron chi connectivity index (χ4n) is 1.42. The minimum Gasteiger partial charge on any atom is -0.378 e. The van der Waals surface area contributed by atoms with Gasteiger partial charge in [-0.2, -0.15) is 0 Å². The van der Waals surface area contributed by atoms with Crippen LogP contribution in [-0.2, 0) is 9.47 Å². The summed E-state index contributed by atoms with van der Waals surface area (Å²) in [5, 5.41) is 0. The molecule has 11 heavy (non-hydrogen) atoms. The van der Waals surface area contributed by atoms with Crippen LogP contribution in [0.2, 0.25) is 0 Å². The second-order valence-electron chi connectivity index (χ2n) is 3.07. The molecule has 0 saturated carbocycles. The molecule has 1 atom stereocenters. The van der Waals surface area contributed by atoms with Crippen LogP contribution in [0.1, 0.15) is 20.3 Å². The monoisotopic (exact) mass is 156 g/mol. The van der Waals surface area contributed by atoms with Crippen molar-refractivity contribution in [2.75, 3.05) is 20.3 Å². The molecule has 1 aliphatic heterocycles. The van der Waals surface area contributed by atoms with Crippen molar-refractivity contribution < 1.29 is 9.47 Å². The van der Waals surface area contributed by atoms with Crippen molar-refractivity contribution in [2.45, 2.75) is 26.4 Å². The average Bonchev–Trinajstić information content (AvgIpc) is 2.04. The molecule has 0 amide bonds. The largest absolute Gasteiger partial charge is 0.378 e. The van der Waals surface area contributed by atoms with Gasteiger partial charge in [0.15, 0.2) is 0 Å². The molecule has 2 heteroatoms. The zero-order valence-electron chi connectivity index (χ0n) is 7.52. The summed E-state index contributed by atoms with van der Waals surface area (Å²) in [6.45, 7) is 5.83. The Kier molecular flexibility index (Phi) is 3.09. The van der Waals surface area contributed by atoms with Gasteiger partial charge in [-0.05, 0) is 25.8 Å². The van der Waals surface area contributed by atoms with Crippen LogP contribution in [0.4, 0.5) is 0 Å². The number of rotatable bonds is 1. The average molecular weight is 156 g/mol. The summed E-state index contributed by atoms with van der Waals surface area (Å²) in [7, 11) is 1.74. The van der Waals surface area contributed by atoms with E-state index in [2.05, 4.69) is 13.8 Å². The van der Waals surface area contributed by atoms with Crippen LogP contribution in [0, 0.1) is 0 Å². The lowest BCUT2D eigenvalue weighted by Crippen LogP contribution is -2.27. The van der Waals surface area contributed by atoms with Crippen molar-refractivity contribution in [3.05, 3.63) is 11.1 Å². The highest BCUT2D eigenvalue weighted by Crippen LogP contribution is 2.20. The standard InChI is InChI=1S/C9H16O2/c1-7(2)8-4-5-11-6-9(8)10-3/h9H,4-6H2,1-3H3/t9-/m1/s1. The molecule has 0 bridgehead atoms. The molecule has 0 aliphatic carbocycles. The van der Waals surface area contributed by atoms with Crippen molar-refractivity contribution in [3.63, 3.8) is 0 Å². The first-order valence-corrected chi connectivity index (χ1v) is 4.02. The van der Waals surface area contributed by atoms with Crippen LogP contribution >= 0.6 is 0 Å². The van der Waals surface area contributed by atoms with Crippen molar-refractivity contribution >= 4 is 0 Å². The Balaban J connectivity index is 2.67. The normalized spacial score (nSPS) is 25.4. The molecule has 0 aromatic carbocycles. The van der Waals surface area contributed by atoms with Gasteiger partial charge in [0.1, 0.15) is 6.10 Å². The van der Waals surface area contributed by atoms with E-state index in [-0.39, 0.29) is 6.10 Å². The molecule has 0 unspecified atom stereocenters. The van der Waals surface area contributed by atoms with Gasteiger partial charge in [-0.3, -0.25) is 0 Å². The van der Waals surface area contributed by atoms with Gasteiger partial charge in [0, 0.05) is 7.11 Å². The Morgan fingerprint density at radius 2 is 2.27 bits per heavy atom. The second-order valence-corrected chi connectivity index (χ2v) is 3.07. The van der Waals surface area contributed by atoms with Crippen LogP contribution in [0.5, 0.6) is 0 Å². The predicted octanol–water partition coefficient (Wildman–Crippen LogP) is 1.76. The zero-order chi connectivity index (χ0) is 8.27. The first-order chi connectivity index (χ1) is 5.25. The van der Waals surface area contributed by atoms with Gasteiger partial charge in [0.05, 0.1) is 13.2 Å². The maximum Gasteiger partial charge on any atom is 0.102 e. The van der Waals surface area contributed by atoms with Gasteiger partial charge in [-0.15, -0.1) is 0 Å². The lowest BCUT2D eigenvalue weighted by Gasteiger charge is -2.25. The van der Waals surface area contributed by atoms with Crippen LogP contribution in [0.25, 0.3) is 0 Å². The Labute approximate surface area is 68.2 Å². The van der Waals surface area contributed by atoms with E-state index in [0.29, 0.717) is 0 Å². The molecule has 0 aromatic heterocycles. The summed E-state index contributed by atoms with van der Waals surface area (Å²) < 4.78 is 10.6. The third-order valence-corrected chi connectivity index (χ3v) is 2.10. The fraction of sp³-hybridized carbons (Fsp3) is 0.778. The van der Waals surface area contributed by atoms with E-state index in [1.807, 2.05) is 0 Å². The SMILES string of the molecule is CO[C@@H]1COCCC1=C(C)C. The molecule has 0 radical (unpaired) electrons. The van der Waals surface area contributed by atoms with Gasteiger partial charge in [-0.25, -0.2) is 0 Å². The lowest BCUT2D eigenvalue weighted by atomic mass is 10.0. The Morgan fingerprint density at radius 3 is 2.73 bits per heavy atom.